The molecule has 0 saturated carbocycles. The van der Waals surface area contributed by atoms with Crippen molar-refractivity contribution in [3.8, 4) is 12.3 Å². The molecule has 3 unspecified atom stereocenters. The highest BCUT2D eigenvalue weighted by molar-refractivity contribution is 5.09. The molecule has 86 valence electrons. The van der Waals surface area contributed by atoms with Gasteiger partial charge in [0.2, 0.25) is 0 Å². The molecule has 2 nitrogen and oxygen atoms in total. The van der Waals surface area contributed by atoms with Gasteiger partial charge in [0, 0.05) is 18.6 Å². The number of likely N-dealkylation sites (tertiary alicyclic amines) is 1. The number of hydrogen-bond donors (Lipinski definition) is 1. The summed E-state index contributed by atoms with van der Waals surface area (Å²) in [6.07, 6.45) is 6.69. The first-order chi connectivity index (χ1) is 6.85. The highest BCUT2D eigenvalue weighted by Gasteiger charge is 2.31. The number of nitrogens with zero attached hydrogens (tertiary/aromatic N) is 1. The van der Waals surface area contributed by atoms with Crippen molar-refractivity contribution < 1.29 is 0 Å². The van der Waals surface area contributed by atoms with E-state index in [-0.39, 0.29) is 5.54 Å². The molecule has 1 rings (SSSR count). The Morgan fingerprint density at radius 1 is 1.40 bits per heavy atom. The van der Waals surface area contributed by atoms with Crippen LogP contribution in [-0.4, -0.2) is 36.1 Å². The van der Waals surface area contributed by atoms with Crippen molar-refractivity contribution in [3.63, 3.8) is 0 Å². The van der Waals surface area contributed by atoms with E-state index in [9.17, 15) is 0 Å². The summed E-state index contributed by atoms with van der Waals surface area (Å²) in [6.45, 7) is 9.88. The van der Waals surface area contributed by atoms with Gasteiger partial charge in [-0.3, -0.25) is 5.32 Å². The van der Waals surface area contributed by atoms with Crippen LogP contribution in [0.2, 0.25) is 0 Å². The van der Waals surface area contributed by atoms with Crippen molar-refractivity contribution in [2.75, 3.05) is 13.6 Å². The fourth-order valence-electron chi connectivity index (χ4n) is 2.25. The normalized spacial score (nSPS) is 33.7. The topological polar surface area (TPSA) is 15.3 Å². The van der Waals surface area contributed by atoms with Gasteiger partial charge in [0.05, 0.1) is 5.54 Å². The van der Waals surface area contributed by atoms with Crippen LogP contribution in [0.25, 0.3) is 0 Å². The molecule has 1 aliphatic heterocycles. The summed E-state index contributed by atoms with van der Waals surface area (Å²) in [7, 11) is 2.20. The van der Waals surface area contributed by atoms with E-state index in [2.05, 4.69) is 50.9 Å². The van der Waals surface area contributed by atoms with Gasteiger partial charge in [-0.15, -0.1) is 6.42 Å². The molecule has 0 spiro atoms. The molecule has 0 aromatic carbocycles. The third kappa shape index (κ3) is 3.22. The maximum Gasteiger partial charge on any atom is 0.0743 e. The number of terminal acetylenes is 1. The average Bonchev–Trinajstić information content (AvgIpc) is 2.14. The molecule has 1 N–H and O–H groups in total. The van der Waals surface area contributed by atoms with Crippen molar-refractivity contribution >= 4 is 0 Å². The molecule has 0 aliphatic carbocycles. The second kappa shape index (κ2) is 4.55. The van der Waals surface area contributed by atoms with E-state index in [1.807, 2.05) is 0 Å². The van der Waals surface area contributed by atoms with Gasteiger partial charge in [-0.2, -0.15) is 0 Å². The molecule has 0 aromatic heterocycles. The molecule has 1 aliphatic rings. The summed E-state index contributed by atoms with van der Waals surface area (Å²) >= 11 is 0. The SMILES string of the molecule is C#CC(C)(C)NC1CC(C)N(C)CC1C. The third-order valence-electron chi connectivity index (χ3n) is 3.52. The fourth-order valence-corrected chi connectivity index (χ4v) is 2.25. The summed E-state index contributed by atoms with van der Waals surface area (Å²) in [5, 5.41) is 3.58. The molecule has 3 atom stereocenters. The molecule has 1 saturated heterocycles. The van der Waals surface area contributed by atoms with Crippen LogP contribution in [-0.2, 0) is 0 Å². The summed E-state index contributed by atoms with van der Waals surface area (Å²) in [6, 6.07) is 1.19. The van der Waals surface area contributed by atoms with Gasteiger partial charge in [0.1, 0.15) is 0 Å². The predicted octanol–water partition coefficient (Wildman–Crippen LogP) is 1.72. The molecule has 1 heterocycles. The van der Waals surface area contributed by atoms with E-state index in [0.29, 0.717) is 18.0 Å². The molecular formula is C13H24N2. The average molecular weight is 208 g/mol. The van der Waals surface area contributed by atoms with Gasteiger partial charge in [0.25, 0.3) is 0 Å². The van der Waals surface area contributed by atoms with Crippen LogP contribution in [0.3, 0.4) is 0 Å². The maximum atomic E-state index is 5.51. The van der Waals surface area contributed by atoms with Gasteiger partial charge in [0.15, 0.2) is 0 Å². The smallest absolute Gasteiger partial charge is 0.0743 e. The van der Waals surface area contributed by atoms with E-state index >= 15 is 0 Å². The summed E-state index contributed by atoms with van der Waals surface area (Å²) in [5.74, 6) is 3.48. The van der Waals surface area contributed by atoms with Crippen LogP contribution < -0.4 is 5.32 Å². The third-order valence-corrected chi connectivity index (χ3v) is 3.52. The zero-order valence-corrected chi connectivity index (χ0v) is 10.7. The van der Waals surface area contributed by atoms with E-state index < -0.39 is 0 Å². The Morgan fingerprint density at radius 2 is 2.00 bits per heavy atom. The lowest BCUT2D eigenvalue weighted by Crippen LogP contribution is -2.55. The first kappa shape index (κ1) is 12.5. The number of nitrogens with one attached hydrogen (secondary N) is 1. The molecule has 0 aromatic rings. The molecule has 1 fully saturated rings. The lowest BCUT2D eigenvalue weighted by Gasteiger charge is -2.42. The predicted molar refractivity (Wildman–Crippen MR) is 65.7 cm³/mol. The van der Waals surface area contributed by atoms with Crippen molar-refractivity contribution in [2.24, 2.45) is 5.92 Å². The molecule has 2 heteroatoms. The Bertz CT molecular complexity index is 252. The quantitative estimate of drug-likeness (QED) is 0.695. The number of piperidine rings is 1. The molecule has 0 amide bonds. The van der Waals surface area contributed by atoms with Gasteiger partial charge in [-0.05, 0) is 40.2 Å². The minimum absolute atomic E-state index is 0.186. The highest BCUT2D eigenvalue weighted by atomic mass is 15.2. The van der Waals surface area contributed by atoms with Crippen LogP contribution >= 0.6 is 0 Å². The summed E-state index contributed by atoms with van der Waals surface area (Å²) < 4.78 is 0. The second-order valence-corrected chi connectivity index (χ2v) is 5.52. The zero-order valence-electron chi connectivity index (χ0n) is 10.7. The van der Waals surface area contributed by atoms with Crippen LogP contribution in [0.4, 0.5) is 0 Å². The first-order valence-corrected chi connectivity index (χ1v) is 5.81. The van der Waals surface area contributed by atoms with Crippen molar-refractivity contribution in [1.82, 2.24) is 10.2 Å². The van der Waals surface area contributed by atoms with Crippen molar-refractivity contribution in [3.05, 3.63) is 0 Å². The summed E-state index contributed by atoms with van der Waals surface area (Å²) in [5.41, 5.74) is -0.186. The van der Waals surface area contributed by atoms with Gasteiger partial charge in [-0.25, -0.2) is 0 Å². The zero-order chi connectivity index (χ0) is 11.6. The Hall–Kier alpha value is -0.520. The standard InChI is InChI=1S/C13H24N2/c1-7-13(4,5)14-12-8-11(3)15(6)9-10(12)2/h1,10-12,14H,8-9H2,2-6H3. The van der Waals surface area contributed by atoms with Crippen LogP contribution in [0.5, 0.6) is 0 Å². The fraction of sp³-hybridized carbons (Fsp3) is 0.846. The Morgan fingerprint density at radius 3 is 2.53 bits per heavy atom. The van der Waals surface area contributed by atoms with Crippen LogP contribution in [0.1, 0.15) is 34.1 Å². The minimum Gasteiger partial charge on any atom is -0.303 e. The van der Waals surface area contributed by atoms with E-state index in [4.69, 9.17) is 6.42 Å². The van der Waals surface area contributed by atoms with Gasteiger partial charge in [-0.1, -0.05) is 12.8 Å². The Labute approximate surface area is 94.4 Å². The highest BCUT2D eigenvalue weighted by Crippen LogP contribution is 2.22. The van der Waals surface area contributed by atoms with Crippen LogP contribution in [0, 0.1) is 18.3 Å². The van der Waals surface area contributed by atoms with Crippen LogP contribution in [0.15, 0.2) is 0 Å². The lowest BCUT2D eigenvalue weighted by atomic mass is 9.88. The molecule has 0 radical (unpaired) electrons. The van der Waals surface area contributed by atoms with Crippen molar-refractivity contribution in [2.45, 2.75) is 51.7 Å². The maximum absolute atomic E-state index is 5.51. The van der Waals surface area contributed by atoms with Crippen molar-refractivity contribution in [1.29, 1.82) is 0 Å². The number of rotatable bonds is 2. The summed E-state index contributed by atoms with van der Waals surface area (Å²) in [4.78, 5) is 2.42. The van der Waals surface area contributed by atoms with E-state index in [1.54, 1.807) is 0 Å². The largest absolute Gasteiger partial charge is 0.303 e. The molecule has 15 heavy (non-hydrogen) atoms. The molecular weight excluding hydrogens is 184 g/mol. The molecule has 0 bridgehead atoms. The second-order valence-electron chi connectivity index (χ2n) is 5.52. The monoisotopic (exact) mass is 208 g/mol. The van der Waals surface area contributed by atoms with Gasteiger partial charge < -0.3 is 4.90 Å². The Kier molecular flexibility index (Phi) is 3.81. The Balaban J connectivity index is 2.60. The van der Waals surface area contributed by atoms with E-state index in [0.717, 1.165) is 6.54 Å². The lowest BCUT2D eigenvalue weighted by molar-refractivity contribution is 0.112. The van der Waals surface area contributed by atoms with E-state index in [1.165, 1.54) is 6.42 Å². The minimum atomic E-state index is -0.186. The first-order valence-electron chi connectivity index (χ1n) is 5.81. The number of hydrogen-bond acceptors (Lipinski definition) is 2. The van der Waals surface area contributed by atoms with Gasteiger partial charge >= 0.3 is 0 Å².